The molecule has 0 unspecified atom stereocenters. The van der Waals surface area contributed by atoms with Crippen molar-refractivity contribution in [1.29, 1.82) is 0 Å². The van der Waals surface area contributed by atoms with Gasteiger partial charge in [0.2, 0.25) is 5.89 Å². The predicted molar refractivity (Wildman–Crippen MR) is 35.8 cm³/mol. The Hall–Kier alpha value is -0.570. The van der Waals surface area contributed by atoms with E-state index in [1.165, 1.54) is 12.8 Å². The van der Waals surface area contributed by atoms with E-state index in [0.717, 1.165) is 5.82 Å². The van der Waals surface area contributed by atoms with Gasteiger partial charge in [0.25, 0.3) is 0 Å². The van der Waals surface area contributed by atoms with Crippen molar-refractivity contribution in [2.45, 2.75) is 24.6 Å². The molecule has 0 aliphatic heterocycles. The highest BCUT2D eigenvalue weighted by Crippen LogP contribution is 2.38. The molecule has 0 bridgehead atoms. The van der Waals surface area contributed by atoms with Crippen molar-refractivity contribution in [2.24, 2.45) is 0 Å². The Morgan fingerprint density at radius 3 is 2.90 bits per heavy atom. The summed E-state index contributed by atoms with van der Waals surface area (Å²) in [6, 6.07) is 0. The van der Waals surface area contributed by atoms with Gasteiger partial charge in [-0.1, -0.05) is 5.16 Å². The first-order valence-corrected chi connectivity index (χ1v) is 3.82. The van der Waals surface area contributed by atoms with E-state index in [2.05, 4.69) is 10.1 Å². The molecule has 0 N–H and O–H groups in total. The number of halogens is 1. The van der Waals surface area contributed by atoms with Crippen molar-refractivity contribution in [3.05, 3.63) is 11.7 Å². The highest BCUT2D eigenvalue weighted by Gasteiger charge is 2.28. The molecular weight excluding hydrogens is 152 g/mol. The summed E-state index contributed by atoms with van der Waals surface area (Å²) >= 11 is 5.47. The first kappa shape index (κ1) is 6.16. The topological polar surface area (TPSA) is 38.9 Å². The van der Waals surface area contributed by atoms with Gasteiger partial charge in [0, 0.05) is 5.92 Å². The van der Waals surface area contributed by atoms with Crippen LogP contribution in [-0.4, -0.2) is 10.1 Å². The Kier molecular flexibility index (Phi) is 1.38. The lowest BCUT2D eigenvalue weighted by Gasteiger charge is -1.78. The maximum absolute atomic E-state index is 5.47. The monoisotopic (exact) mass is 158 g/mol. The molecule has 0 aromatic carbocycles. The first-order chi connectivity index (χ1) is 4.90. The zero-order valence-corrected chi connectivity index (χ0v) is 6.14. The summed E-state index contributed by atoms with van der Waals surface area (Å²) in [4.78, 5) is 4.08. The molecule has 0 radical (unpaired) electrons. The maximum Gasteiger partial charge on any atom is 0.241 e. The third kappa shape index (κ3) is 1.01. The lowest BCUT2D eigenvalue weighted by Crippen LogP contribution is -1.81. The number of hydrogen-bond acceptors (Lipinski definition) is 3. The number of hydrogen-bond donors (Lipinski definition) is 0. The smallest absolute Gasteiger partial charge is 0.241 e. The van der Waals surface area contributed by atoms with Crippen LogP contribution in [-0.2, 0) is 5.88 Å². The maximum atomic E-state index is 5.47. The van der Waals surface area contributed by atoms with Gasteiger partial charge < -0.3 is 4.52 Å². The van der Waals surface area contributed by atoms with Crippen LogP contribution in [0.25, 0.3) is 0 Å². The van der Waals surface area contributed by atoms with Gasteiger partial charge in [-0.25, -0.2) is 0 Å². The molecule has 1 heterocycles. The normalized spacial score (nSPS) is 17.7. The van der Waals surface area contributed by atoms with Gasteiger partial charge >= 0.3 is 0 Å². The largest absolute Gasteiger partial charge is 0.338 e. The molecule has 0 atom stereocenters. The van der Waals surface area contributed by atoms with E-state index in [1.54, 1.807) is 0 Å². The summed E-state index contributed by atoms with van der Waals surface area (Å²) < 4.78 is 4.82. The standard InChI is InChI=1S/C6H7ClN2O/c7-3-5-8-6(9-10-5)4-1-2-4/h4H,1-3H2. The minimum absolute atomic E-state index is 0.319. The van der Waals surface area contributed by atoms with Gasteiger partial charge in [-0.2, -0.15) is 4.98 Å². The molecule has 0 saturated heterocycles. The molecule has 4 heteroatoms. The van der Waals surface area contributed by atoms with E-state index in [-0.39, 0.29) is 0 Å². The second-order valence-corrected chi connectivity index (χ2v) is 2.72. The molecule has 1 aliphatic carbocycles. The summed E-state index contributed by atoms with van der Waals surface area (Å²) in [6.45, 7) is 0. The van der Waals surface area contributed by atoms with Gasteiger partial charge in [0.15, 0.2) is 5.82 Å². The lowest BCUT2D eigenvalue weighted by molar-refractivity contribution is 0.384. The third-order valence-corrected chi connectivity index (χ3v) is 1.77. The average molecular weight is 159 g/mol. The van der Waals surface area contributed by atoms with Gasteiger partial charge in [-0.05, 0) is 12.8 Å². The fourth-order valence-electron chi connectivity index (χ4n) is 0.830. The highest BCUT2D eigenvalue weighted by atomic mass is 35.5. The molecule has 1 aromatic heterocycles. The van der Waals surface area contributed by atoms with E-state index < -0.39 is 0 Å². The zero-order chi connectivity index (χ0) is 6.97. The minimum atomic E-state index is 0.319. The Morgan fingerprint density at radius 1 is 1.60 bits per heavy atom. The average Bonchev–Trinajstić information content (AvgIpc) is 2.70. The molecule has 10 heavy (non-hydrogen) atoms. The molecule has 1 aromatic rings. The van der Waals surface area contributed by atoms with Crippen LogP contribution in [0.2, 0.25) is 0 Å². The summed E-state index contributed by atoms with van der Waals surface area (Å²) in [5.74, 6) is 2.24. The lowest BCUT2D eigenvalue weighted by atomic mass is 10.4. The van der Waals surface area contributed by atoms with Crippen molar-refractivity contribution >= 4 is 11.6 Å². The number of nitrogens with zero attached hydrogens (tertiary/aromatic N) is 2. The van der Waals surface area contributed by atoms with Crippen molar-refractivity contribution in [1.82, 2.24) is 10.1 Å². The summed E-state index contributed by atoms with van der Waals surface area (Å²) in [5.41, 5.74) is 0. The molecule has 1 saturated carbocycles. The molecule has 54 valence electrons. The van der Waals surface area contributed by atoms with E-state index in [1.807, 2.05) is 0 Å². The Balaban J connectivity index is 2.19. The van der Waals surface area contributed by atoms with Gasteiger partial charge in [0.1, 0.15) is 5.88 Å². The van der Waals surface area contributed by atoms with Crippen LogP contribution in [0.3, 0.4) is 0 Å². The van der Waals surface area contributed by atoms with Gasteiger partial charge in [0.05, 0.1) is 0 Å². The SMILES string of the molecule is ClCc1nc(C2CC2)no1. The Labute approximate surface area is 63.4 Å². The molecule has 1 fully saturated rings. The fourth-order valence-corrected chi connectivity index (χ4v) is 0.938. The second-order valence-electron chi connectivity index (χ2n) is 2.45. The molecule has 0 spiro atoms. The van der Waals surface area contributed by atoms with Crippen molar-refractivity contribution in [3.63, 3.8) is 0 Å². The van der Waals surface area contributed by atoms with Gasteiger partial charge in [-0.15, -0.1) is 11.6 Å². The van der Waals surface area contributed by atoms with Crippen molar-refractivity contribution < 1.29 is 4.52 Å². The number of alkyl halides is 1. The fraction of sp³-hybridized carbons (Fsp3) is 0.667. The van der Waals surface area contributed by atoms with Crippen LogP contribution in [0.1, 0.15) is 30.5 Å². The van der Waals surface area contributed by atoms with E-state index in [0.29, 0.717) is 17.7 Å². The van der Waals surface area contributed by atoms with Gasteiger partial charge in [-0.3, -0.25) is 0 Å². The second kappa shape index (κ2) is 2.23. The van der Waals surface area contributed by atoms with E-state index >= 15 is 0 Å². The molecule has 0 amide bonds. The quantitative estimate of drug-likeness (QED) is 0.615. The number of aromatic nitrogens is 2. The highest BCUT2D eigenvalue weighted by molar-refractivity contribution is 6.16. The van der Waals surface area contributed by atoms with Crippen LogP contribution in [0.15, 0.2) is 4.52 Å². The summed E-state index contributed by atoms with van der Waals surface area (Å²) in [6.07, 6.45) is 2.39. The Bertz CT molecular complexity index is 231. The predicted octanol–water partition coefficient (Wildman–Crippen LogP) is 1.69. The van der Waals surface area contributed by atoms with Crippen molar-refractivity contribution in [2.75, 3.05) is 0 Å². The molecular formula is C6H7ClN2O. The zero-order valence-electron chi connectivity index (χ0n) is 5.38. The van der Waals surface area contributed by atoms with Crippen LogP contribution in [0.5, 0.6) is 0 Å². The molecule has 3 nitrogen and oxygen atoms in total. The summed E-state index contributed by atoms with van der Waals surface area (Å²) in [5, 5.41) is 3.78. The Morgan fingerprint density at radius 2 is 2.40 bits per heavy atom. The van der Waals surface area contributed by atoms with Crippen molar-refractivity contribution in [3.8, 4) is 0 Å². The van der Waals surface area contributed by atoms with E-state index in [9.17, 15) is 0 Å². The minimum Gasteiger partial charge on any atom is -0.338 e. The molecule has 1 aliphatic rings. The van der Waals surface area contributed by atoms with Crippen LogP contribution < -0.4 is 0 Å². The third-order valence-electron chi connectivity index (χ3n) is 1.54. The first-order valence-electron chi connectivity index (χ1n) is 3.28. The van der Waals surface area contributed by atoms with Crippen LogP contribution in [0, 0.1) is 0 Å². The molecule has 2 rings (SSSR count). The van der Waals surface area contributed by atoms with Crippen LogP contribution >= 0.6 is 11.6 Å². The number of rotatable bonds is 2. The summed E-state index contributed by atoms with van der Waals surface area (Å²) in [7, 11) is 0. The van der Waals surface area contributed by atoms with Crippen LogP contribution in [0.4, 0.5) is 0 Å². The van der Waals surface area contributed by atoms with E-state index in [4.69, 9.17) is 16.1 Å².